The minimum Gasteiger partial charge on any atom is -0.467 e. The van der Waals surface area contributed by atoms with Gasteiger partial charge in [0.1, 0.15) is 5.76 Å². The number of hydrogen-bond acceptors (Lipinski definition) is 4. The van der Waals surface area contributed by atoms with Crippen LogP contribution in [0.5, 0.6) is 0 Å². The lowest BCUT2D eigenvalue weighted by atomic mass is 10.3. The Morgan fingerprint density at radius 3 is 2.60 bits per heavy atom. The fourth-order valence-electron chi connectivity index (χ4n) is 1.64. The van der Waals surface area contributed by atoms with Gasteiger partial charge in [-0.05, 0) is 24.3 Å². The molecule has 0 bridgehead atoms. The van der Waals surface area contributed by atoms with Gasteiger partial charge in [0.05, 0.1) is 23.4 Å². The van der Waals surface area contributed by atoms with Crippen molar-refractivity contribution in [1.29, 1.82) is 0 Å². The second-order valence-electron chi connectivity index (χ2n) is 4.16. The minimum atomic E-state index is -3.40. The number of furan rings is 1. The van der Waals surface area contributed by atoms with E-state index in [1.165, 1.54) is 18.4 Å². The summed E-state index contributed by atoms with van der Waals surface area (Å²) < 4.78 is 28.3. The van der Waals surface area contributed by atoms with Gasteiger partial charge in [-0.3, -0.25) is 0 Å². The number of anilines is 1. The molecule has 0 fully saturated rings. The van der Waals surface area contributed by atoms with Crippen molar-refractivity contribution < 1.29 is 17.6 Å². The Kier molecular flexibility index (Phi) is 4.09. The molecule has 0 saturated heterocycles. The lowest BCUT2D eigenvalue weighted by Gasteiger charge is -2.10. The molecule has 0 unspecified atom stereocenters. The first kappa shape index (κ1) is 14.1. The van der Waals surface area contributed by atoms with Gasteiger partial charge in [0.2, 0.25) is 0 Å². The highest BCUT2D eigenvalue weighted by Gasteiger charge is 2.14. The number of carbonyl (C=O) groups excluding carboxylic acids is 1. The third kappa shape index (κ3) is 3.61. The molecule has 0 radical (unpaired) electrons. The normalized spacial score (nSPS) is 11.1. The van der Waals surface area contributed by atoms with E-state index in [1.54, 1.807) is 24.3 Å². The molecule has 106 valence electrons. The highest BCUT2D eigenvalue weighted by atomic mass is 32.2. The van der Waals surface area contributed by atoms with Crippen LogP contribution in [0.1, 0.15) is 5.76 Å². The largest absolute Gasteiger partial charge is 0.467 e. The molecule has 6 nitrogen and oxygen atoms in total. The first-order chi connectivity index (χ1) is 9.47. The van der Waals surface area contributed by atoms with Gasteiger partial charge in [0, 0.05) is 6.26 Å². The lowest BCUT2D eigenvalue weighted by molar-refractivity contribution is 0.251. The zero-order valence-electron chi connectivity index (χ0n) is 10.8. The number of amides is 2. The maximum absolute atomic E-state index is 11.7. The Morgan fingerprint density at radius 1 is 1.20 bits per heavy atom. The zero-order chi connectivity index (χ0) is 14.6. The number of hydrogen-bond donors (Lipinski definition) is 2. The fraction of sp³-hybridized carbons (Fsp3) is 0.154. The monoisotopic (exact) mass is 294 g/mol. The van der Waals surface area contributed by atoms with Crippen LogP contribution in [-0.2, 0) is 16.4 Å². The van der Waals surface area contributed by atoms with E-state index < -0.39 is 15.9 Å². The standard InChI is InChI=1S/C13H14N2O4S/c1-20(17,18)12-7-3-2-6-11(12)15-13(16)14-9-10-5-4-8-19-10/h2-8H,9H2,1H3,(H2,14,15,16). The molecule has 1 heterocycles. The highest BCUT2D eigenvalue weighted by molar-refractivity contribution is 7.90. The summed E-state index contributed by atoms with van der Waals surface area (Å²) in [5, 5.41) is 5.08. The predicted octanol–water partition coefficient (Wildman–Crippen LogP) is 2.00. The molecule has 0 aliphatic rings. The molecule has 2 amide bonds. The fourth-order valence-corrected chi connectivity index (χ4v) is 2.48. The number of carbonyl (C=O) groups is 1. The average molecular weight is 294 g/mol. The molecule has 0 aliphatic heterocycles. The molecule has 0 aliphatic carbocycles. The van der Waals surface area contributed by atoms with Gasteiger partial charge < -0.3 is 15.1 Å². The van der Waals surface area contributed by atoms with Crippen molar-refractivity contribution in [2.24, 2.45) is 0 Å². The summed E-state index contributed by atoms with van der Waals surface area (Å²) in [6.07, 6.45) is 2.60. The van der Waals surface area contributed by atoms with Gasteiger partial charge in [-0.1, -0.05) is 12.1 Å². The van der Waals surface area contributed by atoms with Gasteiger partial charge in [-0.2, -0.15) is 0 Å². The number of benzene rings is 1. The van der Waals surface area contributed by atoms with E-state index in [-0.39, 0.29) is 17.1 Å². The van der Waals surface area contributed by atoms with Crippen LogP contribution in [0.2, 0.25) is 0 Å². The number of urea groups is 1. The maximum atomic E-state index is 11.7. The maximum Gasteiger partial charge on any atom is 0.319 e. The van der Waals surface area contributed by atoms with Crippen molar-refractivity contribution in [3.63, 3.8) is 0 Å². The third-order valence-electron chi connectivity index (χ3n) is 2.54. The van der Waals surface area contributed by atoms with E-state index in [0.29, 0.717) is 5.76 Å². The molecule has 2 aromatic rings. The molecule has 0 saturated carbocycles. The second kappa shape index (κ2) is 5.79. The summed E-state index contributed by atoms with van der Waals surface area (Å²) in [6.45, 7) is 0.222. The van der Waals surface area contributed by atoms with Gasteiger partial charge in [-0.25, -0.2) is 13.2 Å². The summed E-state index contributed by atoms with van der Waals surface area (Å²) in [5.74, 6) is 0.608. The van der Waals surface area contributed by atoms with Gasteiger partial charge in [0.15, 0.2) is 9.84 Å². The van der Waals surface area contributed by atoms with Crippen molar-refractivity contribution in [1.82, 2.24) is 5.32 Å². The van der Waals surface area contributed by atoms with E-state index in [9.17, 15) is 13.2 Å². The van der Waals surface area contributed by atoms with E-state index in [1.807, 2.05) is 0 Å². The number of rotatable bonds is 4. The molecule has 0 atom stereocenters. The Balaban J connectivity index is 2.05. The zero-order valence-corrected chi connectivity index (χ0v) is 11.6. The van der Waals surface area contributed by atoms with E-state index in [2.05, 4.69) is 10.6 Å². The third-order valence-corrected chi connectivity index (χ3v) is 3.69. The molecular weight excluding hydrogens is 280 g/mol. The molecule has 2 N–H and O–H groups in total. The van der Waals surface area contributed by atoms with E-state index >= 15 is 0 Å². The average Bonchev–Trinajstić information content (AvgIpc) is 2.89. The highest BCUT2D eigenvalue weighted by Crippen LogP contribution is 2.20. The summed E-state index contributed by atoms with van der Waals surface area (Å²) in [7, 11) is -3.40. The van der Waals surface area contributed by atoms with Crippen LogP contribution >= 0.6 is 0 Å². The van der Waals surface area contributed by atoms with Crippen LogP contribution in [-0.4, -0.2) is 20.7 Å². The predicted molar refractivity (Wildman–Crippen MR) is 74.1 cm³/mol. The van der Waals surface area contributed by atoms with Crippen LogP contribution in [0.4, 0.5) is 10.5 Å². The quantitative estimate of drug-likeness (QED) is 0.902. The number of para-hydroxylation sites is 1. The van der Waals surface area contributed by atoms with Crippen molar-refractivity contribution >= 4 is 21.6 Å². The molecule has 2 rings (SSSR count). The van der Waals surface area contributed by atoms with Crippen LogP contribution < -0.4 is 10.6 Å². The van der Waals surface area contributed by atoms with Crippen LogP contribution in [0, 0.1) is 0 Å². The molecule has 1 aromatic carbocycles. The first-order valence-corrected chi connectivity index (χ1v) is 7.72. The minimum absolute atomic E-state index is 0.0770. The molecular formula is C13H14N2O4S. The summed E-state index contributed by atoms with van der Waals surface area (Å²) in [4.78, 5) is 11.8. The number of sulfone groups is 1. The van der Waals surface area contributed by atoms with Crippen LogP contribution in [0.15, 0.2) is 52.0 Å². The van der Waals surface area contributed by atoms with Crippen molar-refractivity contribution in [2.75, 3.05) is 11.6 Å². The Morgan fingerprint density at radius 2 is 1.95 bits per heavy atom. The van der Waals surface area contributed by atoms with E-state index in [0.717, 1.165) is 6.26 Å². The Hall–Kier alpha value is -2.28. The van der Waals surface area contributed by atoms with Crippen LogP contribution in [0.25, 0.3) is 0 Å². The molecule has 1 aromatic heterocycles. The smallest absolute Gasteiger partial charge is 0.319 e. The topological polar surface area (TPSA) is 88.4 Å². The van der Waals surface area contributed by atoms with E-state index in [4.69, 9.17) is 4.42 Å². The first-order valence-electron chi connectivity index (χ1n) is 5.83. The SMILES string of the molecule is CS(=O)(=O)c1ccccc1NC(=O)NCc1ccco1. The Bertz CT molecular complexity index is 693. The number of nitrogens with one attached hydrogen (secondary N) is 2. The lowest BCUT2D eigenvalue weighted by Crippen LogP contribution is -2.28. The molecule has 0 spiro atoms. The van der Waals surface area contributed by atoms with Gasteiger partial charge in [0.25, 0.3) is 0 Å². The Labute approximate surface area is 116 Å². The van der Waals surface area contributed by atoms with Crippen molar-refractivity contribution in [2.45, 2.75) is 11.4 Å². The van der Waals surface area contributed by atoms with Gasteiger partial charge >= 0.3 is 6.03 Å². The molecule has 20 heavy (non-hydrogen) atoms. The summed E-state index contributed by atoms with van der Waals surface area (Å²) in [5.41, 5.74) is 0.243. The van der Waals surface area contributed by atoms with Crippen molar-refractivity contribution in [3.8, 4) is 0 Å². The summed E-state index contributed by atoms with van der Waals surface area (Å²) in [6, 6.07) is 9.16. The van der Waals surface area contributed by atoms with Gasteiger partial charge in [-0.15, -0.1) is 0 Å². The second-order valence-corrected chi connectivity index (χ2v) is 6.14. The summed E-state index contributed by atoms with van der Waals surface area (Å²) >= 11 is 0. The van der Waals surface area contributed by atoms with Crippen LogP contribution in [0.3, 0.4) is 0 Å². The van der Waals surface area contributed by atoms with Crippen molar-refractivity contribution in [3.05, 3.63) is 48.4 Å². The molecule has 7 heteroatoms.